The lowest BCUT2D eigenvalue weighted by Gasteiger charge is -2.36. The first-order chi connectivity index (χ1) is 13.7. The van der Waals surface area contributed by atoms with Crippen molar-refractivity contribution in [2.75, 3.05) is 38.8 Å². The predicted octanol–water partition coefficient (Wildman–Crippen LogP) is 3.29. The van der Waals surface area contributed by atoms with Crippen molar-refractivity contribution in [3.05, 3.63) is 35.4 Å². The van der Waals surface area contributed by atoms with Crippen LogP contribution in [0.5, 0.6) is 17.2 Å². The number of halogens is 1. The van der Waals surface area contributed by atoms with Gasteiger partial charge in [-0.1, -0.05) is 34.4 Å². The zero-order valence-electron chi connectivity index (χ0n) is 16.1. The molecule has 0 saturated carbocycles. The molecule has 0 aliphatic carbocycles. The van der Waals surface area contributed by atoms with E-state index in [0.29, 0.717) is 22.5 Å². The second-order valence-corrected chi connectivity index (χ2v) is 8.74. The molecule has 2 aliphatic heterocycles. The number of nitrogens with zero attached hydrogens (tertiary/aromatic N) is 3. The van der Waals surface area contributed by atoms with Gasteiger partial charge >= 0.3 is 0 Å². The summed E-state index contributed by atoms with van der Waals surface area (Å²) in [4.78, 5) is 15.1. The second kappa shape index (κ2) is 8.40. The topological polar surface area (TPSA) is 72.0 Å². The van der Waals surface area contributed by atoms with Gasteiger partial charge in [0.2, 0.25) is 5.75 Å². The van der Waals surface area contributed by atoms with Crippen LogP contribution < -0.4 is 14.2 Å². The van der Waals surface area contributed by atoms with Gasteiger partial charge in [0.25, 0.3) is 0 Å². The van der Waals surface area contributed by atoms with E-state index in [1.807, 2.05) is 23.9 Å². The van der Waals surface area contributed by atoms with Gasteiger partial charge in [0.1, 0.15) is 6.04 Å². The fourth-order valence-electron chi connectivity index (χ4n) is 3.72. The van der Waals surface area contributed by atoms with Crippen molar-refractivity contribution >= 4 is 39.5 Å². The van der Waals surface area contributed by atoms with Gasteiger partial charge in [-0.3, -0.25) is 4.99 Å². The molecule has 0 spiro atoms. The number of ether oxygens (including phenoxy) is 3. The number of hydrogen-bond acceptors (Lipinski definition) is 7. The number of amidine groups is 1. The normalized spacial score (nSPS) is 21.3. The number of H-pyrrole nitrogens is 1. The highest BCUT2D eigenvalue weighted by atomic mass is 127. The van der Waals surface area contributed by atoms with Gasteiger partial charge in [0, 0.05) is 28.3 Å². The lowest BCUT2D eigenvalue weighted by Crippen LogP contribution is -2.39. The maximum absolute atomic E-state index is 5.59. The maximum Gasteiger partial charge on any atom is 0.203 e. The summed E-state index contributed by atoms with van der Waals surface area (Å²) in [6.45, 7) is 1.76. The number of thioether (sulfide) groups is 1. The van der Waals surface area contributed by atoms with E-state index in [0.717, 1.165) is 40.4 Å². The number of rotatable bonds is 5. The van der Waals surface area contributed by atoms with Crippen LogP contribution in [0.25, 0.3) is 0 Å². The summed E-state index contributed by atoms with van der Waals surface area (Å²) in [5.74, 6) is 1.88. The first-order valence-corrected chi connectivity index (χ1v) is 11.5. The largest absolute Gasteiger partial charge is 0.493 e. The van der Waals surface area contributed by atoms with Crippen molar-refractivity contribution in [2.24, 2.45) is 4.99 Å². The number of aromatic nitrogens is 2. The standard InChI is InChI=1S/C19H23IN4O3S/c1-25-14-6-11(7-15(26-2)18(14)27-3)17-16-13(22-10-23-16)4-5-24(17)19-21-9-12(8-20)28-19/h6-7,10,12,17H,4-5,8-9H2,1-3H3,(H,22,23). The summed E-state index contributed by atoms with van der Waals surface area (Å²) in [5, 5.41) is 1.63. The van der Waals surface area contributed by atoms with Crippen LogP contribution in [-0.4, -0.2) is 64.1 Å². The van der Waals surface area contributed by atoms with E-state index in [1.54, 1.807) is 27.7 Å². The van der Waals surface area contributed by atoms with Gasteiger partial charge in [-0.05, 0) is 17.7 Å². The Labute approximate surface area is 182 Å². The van der Waals surface area contributed by atoms with Gasteiger partial charge in [-0.15, -0.1) is 0 Å². The first kappa shape index (κ1) is 19.7. The molecule has 0 bridgehead atoms. The fourth-order valence-corrected chi connectivity index (χ4v) is 5.53. The molecule has 2 unspecified atom stereocenters. The third kappa shape index (κ3) is 3.42. The molecule has 2 atom stereocenters. The molecular formula is C19H23IN4O3S. The number of benzene rings is 1. The molecule has 0 amide bonds. The highest BCUT2D eigenvalue weighted by Gasteiger charge is 2.36. The van der Waals surface area contributed by atoms with Crippen molar-refractivity contribution in [3.8, 4) is 17.2 Å². The number of methoxy groups -OCH3 is 3. The summed E-state index contributed by atoms with van der Waals surface area (Å²) in [6.07, 6.45) is 2.70. The van der Waals surface area contributed by atoms with Gasteiger partial charge in [-0.2, -0.15) is 0 Å². The minimum atomic E-state index is -0.0529. The number of aromatic amines is 1. The van der Waals surface area contributed by atoms with E-state index in [9.17, 15) is 0 Å². The Morgan fingerprint density at radius 1 is 1.21 bits per heavy atom. The number of nitrogens with one attached hydrogen (secondary N) is 1. The zero-order chi connectivity index (χ0) is 19.7. The Hall–Kier alpha value is -1.62. The number of fused-ring (bicyclic) bond motifs is 1. The molecule has 2 aliphatic rings. The Balaban J connectivity index is 1.80. The van der Waals surface area contributed by atoms with Crippen LogP contribution in [0.4, 0.5) is 0 Å². The molecule has 0 saturated heterocycles. The molecule has 0 radical (unpaired) electrons. The Bertz CT molecular complexity index is 863. The van der Waals surface area contributed by atoms with Crippen LogP contribution in [0.1, 0.15) is 23.0 Å². The quantitative estimate of drug-likeness (QED) is 0.488. The summed E-state index contributed by atoms with van der Waals surface area (Å²) in [7, 11) is 4.90. The molecule has 1 aromatic carbocycles. The molecule has 7 nitrogen and oxygen atoms in total. The van der Waals surface area contributed by atoms with Gasteiger partial charge in [0.05, 0.1) is 39.9 Å². The lowest BCUT2D eigenvalue weighted by molar-refractivity contribution is 0.315. The Morgan fingerprint density at radius 3 is 2.57 bits per heavy atom. The molecule has 9 heteroatoms. The third-order valence-corrected chi connectivity index (χ3v) is 7.93. The lowest BCUT2D eigenvalue weighted by atomic mass is 9.95. The van der Waals surface area contributed by atoms with Crippen molar-refractivity contribution < 1.29 is 14.2 Å². The van der Waals surface area contributed by atoms with Crippen LogP contribution in [0.15, 0.2) is 23.5 Å². The first-order valence-electron chi connectivity index (χ1n) is 9.05. The van der Waals surface area contributed by atoms with Crippen LogP contribution in [0.3, 0.4) is 0 Å². The SMILES string of the molecule is COc1cc(C2c3nc[nH]c3CCN2C2=NCC(CI)S2)cc(OC)c1OC. The molecule has 150 valence electrons. The van der Waals surface area contributed by atoms with Crippen LogP contribution >= 0.6 is 34.4 Å². The molecule has 4 rings (SSSR count). The van der Waals surface area contributed by atoms with E-state index in [4.69, 9.17) is 19.2 Å². The van der Waals surface area contributed by atoms with Gasteiger partial charge in [0.15, 0.2) is 16.7 Å². The van der Waals surface area contributed by atoms with E-state index >= 15 is 0 Å². The maximum atomic E-state index is 5.59. The summed E-state index contributed by atoms with van der Waals surface area (Å²) < 4.78 is 17.8. The monoisotopic (exact) mass is 514 g/mol. The van der Waals surface area contributed by atoms with E-state index in [1.165, 1.54) is 5.69 Å². The average Bonchev–Trinajstić information content (AvgIpc) is 3.40. The molecule has 28 heavy (non-hydrogen) atoms. The van der Waals surface area contributed by atoms with Crippen molar-refractivity contribution in [3.63, 3.8) is 0 Å². The smallest absolute Gasteiger partial charge is 0.203 e. The highest BCUT2D eigenvalue weighted by Crippen LogP contribution is 2.44. The number of imidazole rings is 1. The average molecular weight is 514 g/mol. The van der Waals surface area contributed by atoms with Gasteiger partial charge < -0.3 is 24.1 Å². The van der Waals surface area contributed by atoms with Crippen molar-refractivity contribution in [1.29, 1.82) is 0 Å². The molecule has 2 aromatic rings. The Morgan fingerprint density at radius 2 is 1.96 bits per heavy atom. The van der Waals surface area contributed by atoms with Crippen LogP contribution in [0, 0.1) is 0 Å². The summed E-state index contributed by atoms with van der Waals surface area (Å²) in [6, 6.07) is 3.97. The number of alkyl halides is 1. The summed E-state index contributed by atoms with van der Waals surface area (Å²) >= 11 is 4.30. The summed E-state index contributed by atoms with van der Waals surface area (Å²) in [5.41, 5.74) is 3.24. The van der Waals surface area contributed by atoms with Crippen LogP contribution in [0.2, 0.25) is 0 Å². The molecule has 3 heterocycles. The van der Waals surface area contributed by atoms with Crippen molar-refractivity contribution in [1.82, 2.24) is 14.9 Å². The zero-order valence-corrected chi connectivity index (χ0v) is 19.0. The minimum Gasteiger partial charge on any atom is -0.493 e. The predicted molar refractivity (Wildman–Crippen MR) is 120 cm³/mol. The Kier molecular flexibility index (Phi) is 5.91. The van der Waals surface area contributed by atoms with E-state index < -0.39 is 0 Å². The molecule has 1 N–H and O–H groups in total. The molecule has 1 aromatic heterocycles. The number of aliphatic imine (C=N–C) groups is 1. The van der Waals surface area contributed by atoms with E-state index in [-0.39, 0.29) is 6.04 Å². The van der Waals surface area contributed by atoms with Crippen LogP contribution in [-0.2, 0) is 6.42 Å². The fraction of sp³-hybridized carbons (Fsp3) is 0.474. The van der Waals surface area contributed by atoms with Gasteiger partial charge in [-0.25, -0.2) is 4.98 Å². The highest BCUT2D eigenvalue weighted by molar-refractivity contribution is 14.1. The number of hydrogen-bond donors (Lipinski definition) is 1. The van der Waals surface area contributed by atoms with E-state index in [2.05, 4.69) is 37.5 Å². The molecular weight excluding hydrogens is 491 g/mol. The molecule has 0 fully saturated rings. The second-order valence-electron chi connectivity index (χ2n) is 6.59. The van der Waals surface area contributed by atoms with Crippen molar-refractivity contribution in [2.45, 2.75) is 17.7 Å². The minimum absolute atomic E-state index is 0.0529. The third-order valence-electron chi connectivity index (χ3n) is 5.05.